The fourth-order valence-corrected chi connectivity index (χ4v) is 2.33. The quantitative estimate of drug-likeness (QED) is 0.432. The van der Waals surface area contributed by atoms with Gasteiger partial charge in [-0.1, -0.05) is 0 Å². The van der Waals surface area contributed by atoms with E-state index in [0.717, 1.165) is 51.1 Å². The third kappa shape index (κ3) is 5.72. The lowest BCUT2D eigenvalue weighted by atomic mass is 10.4. The summed E-state index contributed by atoms with van der Waals surface area (Å²) in [5.41, 5.74) is 1.28. The molecule has 124 valence electrons. The second kappa shape index (κ2) is 8.83. The third-order valence-corrected chi connectivity index (χ3v) is 3.91. The molecule has 1 aromatic rings. The number of hydrogen-bond acceptors (Lipinski definition) is 2. The van der Waals surface area contributed by atoms with Crippen LogP contribution in [-0.4, -0.2) is 48.8 Å². The van der Waals surface area contributed by atoms with Crippen LogP contribution in [0.4, 0.5) is 0 Å². The Balaban J connectivity index is 1.73. The van der Waals surface area contributed by atoms with Gasteiger partial charge in [-0.05, 0) is 44.2 Å². The van der Waals surface area contributed by atoms with E-state index in [-0.39, 0.29) is 0 Å². The number of aryl methyl sites for hydroxylation is 1. The first kappa shape index (κ1) is 16.9. The molecule has 2 rings (SSSR count). The molecule has 0 aliphatic heterocycles. The molecule has 1 saturated carbocycles. The molecule has 0 aromatic carbocycles. The van der Waals surface area contributed by atoms with Gasteiger partial charge in [0.2, 0.25) is 0 Å². The highest BCUT2D eigenvalue weighted by Crippen LogP contribution is 2.28. The lowest BCUT2D eigenvalue weighted by Gasteiger charge is -2.22. The highest BCUT2D eigenvalue weighted by molar-refractivity contribution is 5.79. The van der Waals surface area contributed by atoms with Gasteiger partial charge < -0.3 is 19.5 Å². The van der Waals surface area contributed by atoms with Gasteiger partial charge in [-0.3, -0.25) is 4.99 Å². The maximum atomic E-state index is 5.65. The number of ether oxygens (including phenoxy) is 1. The average Bonchev–Trinajstić information content (AvgIpc) is 3.24. The predicted octanol–water partition coefficient (Wildman–Crippen LogP) is 2.24. The summed E-state index contributed by atoms with van der Waals surface area (Å²) in [5, 5.41) is 3.36. The molecular formula is C17H30N4O. The number of rotatable bonds is 9. The van der Waals surface area contributed by atoms with Crippen molar-refractivity contribution in [1.29, 1.82) is 0 Å². The first-order chi connectivity index (χ1) is 10.7. The Kier molecular flexibility index (Phi) is 6.77. The minimum atomic E-state index is 0.810. The zero-order chi connectivity index (χ0) is 15.8. The molecule has 0 saturated heterocycles. The van der Waals surface area contributed by atoms with Gasteiger partial charge in [-0.15, -0.1) is 0 Å². The van der Waals surface area contributed by atoms with E-state index in [1.807, 2.05) is 0 Å². The topological polar surface area (TPSA) is 41.8 Å². The lowest BCUT2D eigenvalue weighted by Crippen LogP contribution is -2.39. The van der Waals surface area contributed by atoms with Crippen molar-refractivity contribution in [3.05, 3.63) is 24.0 Å². The van der Waals surface area contributed by atoms with E-state index in [9.17, 15) is 0 Å². The molecule has 0 bridgehead atoms. The lowest BCUT2D eigenvalue weighted by molar-refractivity contribution is 0.123. The molecule has 1 fully saturated rings. The van der Waals surface area contributed by atoms with Crippen molar-refractivity contribution in [3.63, 3.8) is 0 Å². The minimum absolute atomic E-state index is 0.810. The van der Waals surface area contributed by atoms with Gasteiger partial charge in [0.1, 0.15) is 0 Å². The van der Waals surface area contributed by atoms with Crippen LogP contribution in [0.3, 0.4) is 0 Å². The molecule has 0 amide bonds. The van der Waals surface area contributed by atoms with Crippen molar-refractivity contribution >= 4 is 5.96 Å². The molecule has 0 unspecified atom stereocenters. The van der Waals surface area contributed by atoms with E-state index in [2.05, 4.69) is 54.1 Å². The number of aromatic nitrogens is 1. The maximum Gasteiger partial charge on any atom is 0.194 e. The standard InChI is InChI=1S/C17H30N4O/c1-4-18-17(19-10-6-12-22-14-15-8-9-15)21(3)13-16-7-5-11-20(16)2/h5,7,11,15H,4,6,8-10,12-14H2,1-3H3,(H,18,19). The fraction of sp³-hybridized carbons (Fsp3) is 0.706. The van der Waals surface area contributed by atoms with Gasteiger partial charge in [0.25, 0.3) is 0 Å². The summed E-state index contributed by atoms with van der Waals surface area (Å²) in [6.45, 7) is 6.41. The first-order valence-corrected chi connectivity index (χ1v) is 8.38. The van der Waals surface area contributed by atoms with Gasteiger partial charge in [0.05, 0.1) is 6.54 Å². The van der Waals surface area contributed by atoms with Crippen LogP contribution >= 0.6 is 0 Å². The molecule has 1 aliphatic carbocycles. The molecule has 1 N–H and O–H groups in total. The molecule has 5 nitrogen and oxygen atoms in total. The molecule has 1 heterocycles. The summed E-state index contributed by atoms with van der Waals surface area (Å²) in [6, 6.07) is 4.22. The van der Waals surface area contributed by atoms with Gasteiger partial charge in [-0.2, -0.15) is 0 Å². The molecule has 1 aromatic heterocycles. The molecule has 0 radical (unpaired) electrons. The Morgan fingerprint density at radius 2 is 2.32 bits per heavy atom. The highest BCUT2D eigenvalue weighted by Gasteiger charge is 2.20. The Bertz CT molecular complexity index is 465. The van der Waals surface area contributed by atoms with Crippen LogP contribution in [0.15, 0.2) is 23.3 Å². The zero-order valence-electron chi connectivity index (χ0n) is 14.2. The molecule has 5 heteroatoms. The zero-order valence-corrected chi connectivity index (χ0v) is 14.2. The molecule has 0 atom stereocenters. The number of nitrogens with zero attached hydrogens (tertiary/aromatic N) is 3. The fourth-order valence-electron chi connectivity index (χ4n) is 2.33. The van der Waals surface area contributed by atoms with Crippen molar-refractivity contribution in [3.8, 4) is 0 Å². The van der Waals surface area contributed by atoms with Crippen molar-refractivity contribution in [2.75, 3.05) is 33.4 Å². The van der Waals surface area contributed by atoms with E-state index < -0.39 is 0 Å². The van der Waals surface area contributed by atoms with Crippen LogP contribution < -0.4 is 5.32 Å². The number of nitrogens with one attached hydrogen (secondary N) is 1. The number of guanidine groups is 1. The van der Waals surface area contributed by atoms with Gasteiger partial charge >= 0.3 is 0 Å². The highest BCUT2D eigenvalue weighted by atomic mass is 16.5. The van der Waals surface area contributed by atoms with Crippen LogP contribution in [-0.2, 0) is 18.3 Å². The van der Waals surface area contributed by atoms with Crippen molar-refractivity contribution in [2.45, 2.75) is 32.7 Å². The molecular weight excluding hydrogens is 276 g/mol. The molecule has 1 aliphatic rings. The van der Waals surface area contributed by atoms with E-state index in [0.29, 0.717) is 0 Å². The van der Waals surface area contributed by atoms with Crippen molar-refractivity contribution < 1.29 is 4.74 Å². The second-order valence-corrected chi connectivity index (χ2v) is 6.07. The third-order valence-electron chi connectivity index (χ3n) is 3.91. The van der Waals surface area contributed by atoms with Crippen LogP contribution in [0.1, 0.15) is 31.9 Å². The Morgan fingerprint density at radius 1 is 1.50 bits per heavy atom. The summed E-state index contributed by atoms with van der Waals surface area (Å²) < 4.78 is 7.80. The van der Waals surface area contributed by atoms with Crippen molar-refractivity contribution in [2.24, 2.45) is 18.0 Å². The monoisotopic (exact) mass is 306 g/mol. The van der Waals surface area contributed by atoms with E-state index >= 15 is 0 Å². The molecule has 0 spiro atoms. The van der Waals surface area contributed by atoms with Crippen molar-refractivity contribution in [1.82, 2.24) is 14.8 Å². The Labute approximate surface area is 134 Å². The van der Waals surface area contributed by atoms with E-state index in [1.165, 1.54) is 18.5 Å². The van der Waals surface area contributed by atoms with Gasteiger partial charge in [0, 0.05) is 52.3 Å². The van der Waals surface area contributed by atoms with Crippen LogP contribution in [0.5, 0.6) is 0 Å². The second-order valence-electron chi connectivity index (χ2n) is 6.07. The summed E-state index contributed by atoms with van der Waals surface area (Å²) in [7, 11) is 4.16. The predicted molar refractivity (Wildman–Crippen MR) is 91.0 cm³/mol. The molecule has 22 heavy (non-hydrogen) atoms. The van der Waals surface area contributed by atoms with Gasteiger partial charge in [0.15, 0.2) is 5.96 Å². The smallest absolute Gasteiger partial charge is 0.194 e. The number of hydrogen-bond donors (Lipinski definition) is 1. The Morgan fingerprint density at radius 3 is 2.95 bits per heavy atom. The van der Waals surface area contributed by atoms with E-state index in [4.69, 9.17) is 9.73 Å². The largest absolute Gasteiger partial charge is 0.381 e. The normalized spacial score (nSPS) is 15.1. The Hall–Kier alpha value is -1.49. The number of aliphatic imine (C=N–C) groups is 1. The SMILES string of the molecule is CCNC(=NCCCOCC1CC1)N(C)Cc1cccn1C. The average molecular weight is 306 g/mol. The van der Waals surface area contributed by atoms with Gasteiger partial charge in [-0.25, -0.2) is 0 Å². The van der Waals surface area contributed by atoms with Crippen LogP contribution in [0.2, 0.25) is 0 Å². The summed E-state index contributed by atoms with van der Waals surface area (Å²) in [5.74, 6) is 1.81. The summed E-state index contributed by atoms with van der Waals surface area (Å²) >= 11 is 0. The maximum absolute atomic E-state index is 5.65. The van der Waals surface area contributed by atoms with Crippen LogP contribution in [0.25, 0.3) is 0 Å². The summed E-state index contributed by atoms with van der Waals surface area (Å²) in [4.78, 5) is 6.87. The van der Waals surface area contributed by atoms with Crippen LogP contribution in [0, 0.1) is 5.92 Å². The minimum Gasteiger partial charge on any atom is -0.381 e. The summed E-state index contributed by atoms with van der Waals surface area (Å²) in [6.07, 6.45) is 5.77. The van der Waals surface area contributed by atoms with E-state index in [1.54, 1.807) is 0 Å². The first-order valence-electron chi connectivity index (χ1n) is 8.38.